The van der Waals surface area contributed by atoms with Gasteiger partial charge in [-0.05, 0) is 18.6 Å². The number of nitrogens with one attached hydrogen (secondary N) is 2. The van der Waals surface area contributed by atoms with Crippen LogP contribution in [0.2, 0.25) is 0 Å². The molecule has 1 unspecified atom stereocenters. The Kier molecular flexibility index (Phi) is 5.87. The first-order chi connectivity index (χ1) is 12.5. The van der Waals surface area contributed by atoms with Crippen LogP contribution in [0.25, 0.3) is 0 Å². The molecule has 0 aliphatic carbocycles. The zero-order chi connectivity index (χ0) is 18.7. The maximum Gasteiger partial charge on any atom is 0.264 e. The van der Waals surface area contributed by atoms with E-state index >= 15 is 0 Å². The molecule has 2 aliphatic rings. The number of hydrogen-bond donors (Lipinski definition) is 2. The van der Waals surface area contributed by atoms with E-state index in [0.29, 0.717) is 25.4 Å². The summed E-state index contributed by atoms with van der Waals surface area (Å²) in [5.74, 6) is -2.03. The minimum atomic E-state index is -0.958. The smallest absolute Gasteiger partial charge is 0.264 e. The first kappa shape index (κ1) is 18.8. The number of imide groups is 2. The summed E-state index contributed by atoms with van der Waals surface area (Å²) in [6.07, 6.45) is 0.242. The van der Waals surface area contributed by atoms with Gasteiger partial charge in [0.25, 0.3) is 11.8 Å². The Balaban J connectivity index is 1.78. The number of alkyl halides is 1. The predicted octanol–water partition coefficient (Wildman–Crippen LogP) is 0.951. The molecule has 0 bridgehead atoms. The van der Waals surface area contributed by atoms with Crippen LogP contribution in [0.1, 0.15) is 33.6 Å². The summed E-state index contributed by atoms with van der Waals surface area (Å²) in [5, 5.41) is 5.30. The molecule has 0 saturated carbocycles. The van der Waals surface area contributed by atoms with Gasteiger partial charge in [-0.2, -0.15) is 0 Å². The first-order valence-corrected chi connectivity index (χ1v) is 9.79. The van der Waals surface area contributed by atoms with Crippen molar-refractivity contribution in [2.75, 3.05) is 29.5 Å². The van der Waals surface area contributed by atoms with Gasteiger partial charge in [-0.25, -0.2) is 0 Å². The third kappa shape index (κ3) is 3.58. The van der Waals surface area contributed by atoms with E-state index in [1.54, 1.807) is 18.2 Å². The Labute approximate surface area is 163 Å². The lowest BCUT2D eigenvalue weighted by atomic mass is 10.0. The standard InChI is InChI=1S/C17H18IN3O5/c18-6-8-26-9-7-19-11-3-1-2-10-14(11)17(25)21(16(10)24)12-4-5-13(22)20-15(12)23/h1-3,12,19H,4-9H2,(H,20,22,23). The second-order valence-electron chi connectivity index (χ2n) is 5.90. The van der Waals surface area contributed by atoms with E-state index in [0.717, 1.165) is 9.33 Å². The van der Waals surface area contributed by atoms with Crippen molar-refractivity contribution < 1.29 is 23.9 Å². The van der Waals surface area contributed by atoms with Crippen LogP contribution in [0.15, 0.2) is 18.2 Å². The minimum Gasteiger partial charge on any atom is -0.382 e. The number of hydrogen-bond acceptors (Lipinski definition) is 6. The highest BCUT2D eigenvalue weighted by Gasteiger charge is 2.45. The molecule has 1 saturated heterocycles. The van der Waals surface area contributed by atoms with Gasteiger partial charge in [0, 0.05) is 23.1 Å². The number of piperidine rings is 1. The highest BCUT2D eigenvalue weighted by atomic mass is 127. The molecule has 3 rings (SSSR count). The van der Waals surface area contributed by atoms with Gasteiger partial charge in [-0.3, -0.25) is 29.4 Å². The molecule has 2 heterocycles. The van der Waals surface area contributed by atoms with Crippen LogP contribution < -0.4 is 10.6 Å². The van der Waals surface area contributed by atoms with Crippen LogP contribution in [0.3, 0.4) is 0 Å². The molecule has 8 nitrogen and oxygen atoms in total. The number of rotatable bonds is 7. The van der Waals surface area contributed by atoms with Gasteiger partial charge in [0.15, 0.2) is 0 Å². The zero-order valence-corrected chi connectivity index (χ0v) is 16.1. The SMILES string of the molecule is O=C1CCC(N2C(=O)c3cccc(NCCOCCI)c3C2=O)C(=O)N1. The summed E-state index contributed by atoms with van der Waals surface area (Å²) in [4.78, 5) is 49.9. The second-order valence-corrected chi connectivity index (χ2v) is 6.98. The number of fused-ring (bicyclic) bond motifs is 1. The maximum atomic E-state index is 12.9. The molecule has 0 radical (unpaired) electrons. The number of carbonyl (C=O) groups is 4. The average molecular weight is 471 g/mol. The number of ether oxygens (including phenoxy) is 1. The number of nitrogens with zero attached hydrogens (tertiary/aromatic N) is 1. The fraction of sp³-hybridized carbons (Fsp3) is 0.412. The van der Waals surface area contributed by atoms with Crippen molar-refractivity contribution in [1.82, 2.24) is 10.2 Å². The molecule has 2 aliphatic heterocycles. The second kappa shape index (κ2) is 8.12. The third-order valence-corrected chi connectivity index (χ3v) is 4.69. The van der Waals surface area contributed by atoms with E-state index in [-0.39, 0.29) is 24.0 Å². The quantitative estimate of drug-likeness (QED) is 0.266. The molecule has 138 valence electrons. The first-order valence-electron chi connectivity index (χ1n) is 8.26. The normalized spacial score (nSPS) is 19.6. The van der Waals surface area contributed by atoms with E-state index in [1.807, 2.05) is 0 Å². The highest BCUT2D eigenvalue weighted by molar-refractivity contribution is 14.1. The van der Waals surface area contributed by atoms with Crippen molar-refractivity contribution in [3.05, 3.63) is 29.3 Å². The van der Waals surface area contributed by atoms with Crippen LogP contribution in [-0.4, -0.2) is 58.8 Å². The van der Waals surface area contributed by atoms with E-state index < -0.39 is 29.7 Å². The monoisotopic (exact) mass is 471 g/mol. The molecular weight excluding hydrogens is 453 g/mol. The van der Waals surface area contributed by atoms with Crippen molar-refractivity contribution in [3.63, 3.8) is 0 Å². The largest absolute Gasteiger partial charge is 0.382 e. The van der Waals surface area contributed by atoms with E-state index in [2.05, 4.69) is 33.2 Å². The van der Waals surface area contributed by atoms with Crippen LogP contribution >= 0.6 is 22.6 Å². The van der Waals surface area contributed by atoms with Crippen LogP contribution in [0, 0.1) is 0 Å². The molecule has 1 aromatic rings. The van der Waals surface area contributed by atoms with Crippen molar-refractivity contribution in [3.8, 4) is 0 Å². The Morgan fingerprint density at radius 3 is 2.73 bits per heavy atom. The molecule has 1 aromatic carbocycles. The Hall–Kier alpha value is -2.01. The summed E-state index contributed by atoms with van der Waals surface area (Å²) < 4.78 is 6.29. The average Bonchev–Trinajstić information content (AvgIpc) is 2.87. The fourth-order valence-electron chi connectivity index (χ4n) is 3.08. The molecule has 9 heteroatoms. The molecular formula is C17H18IN3O5. The fourth-order valence-corrected chi connectivity index (χ4v) is 3.39. The number of carbonyl (C=O) groups excluding carboxylic acids is 4. The van der Waals surface area contributed by atoms with Crippen molar-refractivity contribution in [1.29, 1.82) is 0 Å². The minimum absolute atomic E-state index is 0.100. The predicted molar refractivity (Wildman–Crippen MR) is 101 cm³/mol. The summed E-state index contributed by atoms with van der Waals surface area (Å²) in [6.45, 7) is 1.62. The number of halogens is 1. The Morgan fingerprint density at radius 2 is 2.00 bits per heavy atom. The summed E-state index contributed by atoms with van der Waals surface area (Å²) in [5.41, 5.74) is 1.06. The van der Waals surface area contributed by atoms with E-state index in [9.17, 15) is 19.2 Å². The highest BCUT2D eigenvalue weighted by Crippen LogP contribution is 2.32. The lowest BCUT2D eigenvalue weighted by Gasteiger charge is -2.27. The van der Waals surface area contributed by atoms with Crippen LogP contribution in [-0.2, 0) is 14.3 Å². The molecule has 1 atom stereocenters. The van der Waals surface area contributed by atoms with Gasteiger partial charge >= 0.3 is 0 Å². The summed E-state index contributed by atoms with van der Waals surface area (Å²) in [6, 6.07) is 4.02. The number of anilines is 1. The maximum absolute atomic E-state index is 12.9. The lowest BCUT2D eigenvalue weighted by Crippen LogP contribution is -2.54. The van der Waals surface area contributed by atoms with Gasteiger partial charge in [0.05, 0.1) is 24.3 Å². The van der Waals surface area contributed by atoms with Crippen LogP contribution in [0.4, 0.5) is 5.69 Å². The van der Waals surface area contributed by atoms with Gasteiger partial charge < -0.3 is 10.1 Å². The summed E-state index contributed by atoms with van der Waals surface area (Å²) >= 11 is 2.22. The topological polar surface area (TPSA) is 105 Å². The molecule has 2 N–H and O–H groups in total. The van der Waals surface area contributed by atoms with Gasteiger partial charge in [0.2, 0.25) is 11.8 Å². The third-order valence-electron chi connectivity index (χ3n) is 4.25. The molecule has 0 spiro atoms. The van der Waals surface area contributed by atoms with E-state index in [4.69, 9.17) is 4.74 Å². The van der Waals surface area contributed by atoms with Crippen molar-refractivity contribution in [2.45, 2.75) is 18.9 Å². The van der Waals surface area contributed by atoms with Gasteiger partial charge in [0.1, 0.15) is 6.04 Å². The van der Waals surface area contributed by atoms with Gasteiger partial charge in [-0.15, -0.1) is 0 Å². The molecule has 4 amide bonds. The van der Waals surface area contributed by atoms with Crippen molar-refractivity contribution >= 4 is 51.9 Å². The zero-order valence-electron chi connectivity index (χ0n) is 13.9. The molecule has 1 fully saturated rings. The number of amides is 4. The van der Waals surface area contributed by atoms with Crippen LogP contribution in [0.5, 0.6) is 0 Å². The molecule has 0 aromatic heterocycles. The number of benzene rings is 1. The van der Waals surface area contributed by atoms with Gasteiger partial charge in [-0.1, -0.05) is 28.7 Å². The summed E-state index contributed by atoms with van der Waals surface area (Å²) in [7, 11) is 0. The molecule has 26 heavy (non-hydrogen) atoms. The lowest BCUT2D eigenvalue weighted by molar-refractivity contribution is -0.136. The Bertz CT molecular complexity index is 767. The Morgan fingerprint density at radius 1 is 1.19 bits per heavy atom. The van der Waals surface area contributed by atoms with Crippen molar-refractivity contribution in [2.24, 2.45) is 0 Å². The van der Waals surface area contributed by atoms with E-state index in [1.165, 1.54) is 0 Å².